The molecule has 2 N–H and O–H groups in total. The highest BCUT2D eigenvalue weighted by atomic mass is 35.5. The summed E-state index contributed by atoms with van der Waals surface area (Å²) < 4.78 is 5.17. The van der Waals surface area contributed by atoms with E-state index in [0.29, 0.717) is 30.7 Å². The van der Waals surface area contributed by atoms with E-state index in [-0.39, 0.29) is 23.4 Å². The van der Waals surface area contributed by atoms with Crippen LogP contribution in [0.5, 0.6) is 5.75 Å². The van der Waals surface area contributed by atoms with Crippen LogP contribution in [0, 0.1) is 0 Å². The van der Waals surface area contributed by atoms with E-state index < -0.39 is 0 Å². The van der Waals surface area contributed by atoms with Crippen molar-refractivity contribution >= 4 is 23.4 Å². The molecule has 2 aromatic carbocycles. The molecule has 0 radical (unpaired) electrons. The average molecular weight is 415 g/mol. The summed E-state index contributed by atoms with van der Waals surface area (Å²) in [7, 11) is 1.63. The fraction of sp³-hybridized carbons (Fsp3) is 0.391. The Morgan fingerprint density at radius 2 is 1.90 bits per heavy atom. The summed E-state index contributed by atoms with van der Waals surface area (Å²) in [5.41, 5.74) is 1.74. The molecule has 5 nitrogen and oxygen atoms in total. The number of ether oxygens (including phenoxy) is 1. The van der Waals surface area contributed by atoms with Gasteiger partial charge in [-0.05, 0) is 61.6 Å². The van der Waals surface area contributed by atoms with Crippen LogP contribution in [0.4, 0.5) is 0 Å². The molecule has 1 heterocycles. The number of methoxy groups -OCH3 is 1. The van der Waals surface area contributed by atoms with Gasteiger partial charge in [0.15, 0.2) is 0 Å². The Labute approximate surface area is 176 Å². The molecule has 0 aromatic heterocycles. The number of hydrogen-bond donors (Lipinski definition) is 2. The number of benzene rings is 2. The van der Waals surface area contributed by atoms with E-state index >= 15 is 0 Å². The van der Waals surface area contributed by atoms with E-state index in [1.165, 1.54) is 0 Å². The molecule has 0 spiro atoms. The number of amides is 2. The van der Waals surface area contributed by atoms with E-state index in [9.17, 15) is 9.59 Å². The van der Waals surface area contributed by atoms with Gasteiger partial charge in [-0.1, -0.05) is 35.9 Å². The molecule has 1 aliphatic heterocycles. The van der Waals surface area contributed by atoms with E-state index in [0.717, 1.165) is 23.3 Å². The Bertz CT molecular complexity index is 851. The Balaban J connectivity index is 1.59. The van der Waals surface area contributed by atoms with E-state index in [1.807, 2.05) is 55.5 Å². The van der Waals surface area contributed by atoms with Gasteiger partial charge in [-0.3, -0.25) is 9.59 Å². The van der Waals surface area contributed by atoms with Crippen LogP contribution in [0.1, 0.15) is 49.8 Å². The van der Waals surface area contributed by atoms with Gasteiger partial charge in [-0.25, -0.2) is 0 Å². The van der Waals surface area contributed by atoms with Crippen molar-refractivity contribution in [3.63, 3.8) is 0 Å². The van der Waals surface area contributed by atoms with Crippen LogP contribution < -0.4 is 15.4 Å². The van der Waals surface area contributed by atoms with Crippen molar-refractivity contribution < 1.29 is 14.3 Å². The lowest BCUT2D eigenvalue weighted by atomic mass is 9.85. The third-order valence-electron chi connectivity index (χ3n) is 5.51. The van der Waals surface area contributed by atoms with Crippen molar-refractivity contribution in [1.82, 2.24) is 10.6 Å². The van der Waals surface area contributed by atoms with Gasteiger partial charge in [-0.15, -0.1) is 0 Å². The smallest absolute Gasteiger partial charge is 0.220 e. The van der Waals surface area contributed by atoms with Crippen molar-refractivity contribution in [3.8, 4) is 5.75 Å². The van der Waals surface area contributed by atoms with Gasteiger partial charge in [0.25, 0.3) is 0 Å². The summed E-state index contributed by atoms with van der Waals surface area (Å²) >= 11 is 5.98. The molecule has 1 aliphatic rings. The summed E-state index contributed by atoms with van der Waals surface area (Å²) in [6, 6.07) is 15.2. The summed E-state index contributed by atoms with van der Waals surface area (Å²) in [5, 5.41) is 6.85. The first-order chi connectivity index (χ1) is 13.9. The second-order valence-electron chi connectivity index (χ2n) is 7.69. The summed E-state index contributed by atoms with van der Waals surface area (Å²) in [6.45, 7) is 1.96. The molecule has 2 aromatic rings. The lowest BCUT2D eigenvalue weighted by Gasteiger charge is -2.29. The highest BCUT2D eigenvalue weighted by molar-refractivity contribution is 6.30. The maximum absolute atomic E-state index is 12.6. The van der Waals surface area contributed by atoms with Crippen LogP contribution in [0.25, 0.3) is 0 Å². The molecule has 0 saturated carbocycles. The molecule has 1 saturated heterocycles. The number of carbonyl (C=O) groups is 2. The summed E-state index contributed by atoms with van der Waals surface area (Å²) in [6.07, 6.45) is 2.88. The minimum absolute atomic E-state index is 0.0232. The van der Waals surface area contributed by atoms with Crippen molar-refractivity contribution in [2.24, 2.45) is 0 Å². The van der Waals surface area contributed by atoms with E-state index in [1.54, 1.807) is 7.11 Å². The van der Waals surface area contributed by atoms with E-state index in [4.69, 9.17) is 16.3 Å². The number of carbonyl (C=O) groups excluding carboxylic acids is 2. The van der Waals surface area contributed by atoms with Crippen molar-refractivity contribution in [2.45, 2.75) is 50.6 Å². The maximum Gasteiger partial charge on any atom is 0.220 e. The monoisotopic (exact) mass is 414 g/mol. The number of halogens is 1. The first kappa shape index (κ1) is 21.2. The molecule has 2 amide bonds. The molecule has 1 fully saturated rings. The van der Waals surface area contributed by atoms with Crippen molar-refractivity contribution in [3.05, 3.63) is 64.7 Å². The number of hydrogen-bond acceptors (Lipinski definition) is 3. The van der Waals surface area contributed by atoms with Gasteiger partial charge in [0.1, 0.15) is 5.75 Å². The normalized spacial score (nSPS) is 19.5. The molecule has 154 valence electrons. The number of rotatable bonds is 8. The standard InChI is InChI=1S/C23H27ClN2O3/c1-16(18-5-9-20(29-2)10-6-18)25-21(27)11-13-23(14-12-22(28)26-23)15-17-3-7-19(24)8-4-17/h3-10,16H,11-15H2,1-2H3,(H,25,27)(H,26,28)/t16-,23?/m1/s1. The highest BCUT2D eigenvalue weighted by Crippen LogP contribution is 2.30. The fourth-order valence-electron chi connectivity index (χ4n) is 3.82. The molecule has 0 bridgehead atoms. The summed E-state index contributed by atoms with van der Waals surface area (Å²) in [5.74, 6) is 0.810. The minimum Gasteiger partial charge on any atom is -0.497 e. The zero-order chi connectivity index (χ0) is 20.9. The Morgan fingerprint density at radius 3 is 2.48 bits per heavy atom. The van der Waals surface area contributed by atoms with Crippen LogP contribution in [-0.2, 0) is 16.0 Å². The predicted molar refractivity (Wildman–Crippen MR) is 114 cm³/mol. The Hall–Kier alpha value is -2.53. The second-order valence-corrected chi connectivity index (χ2v) is 8.13. The fourth-order valence-corrected chi connectivity index (χ4v) is 3.94. The minimum atomic E-state index is -0.383. The predicted octanol–water partition coefficient (Wildman–Crippen LogP) is 4.20. The zero-order valence-corrected chi connectivity index (χ0v) is 17.6. The molecular formula is C23H27ClN2O3. The highest BCUT2D eigenvalue weighted by Gasteiger charge is 2.37. The lowest BCUT2D eigenvalue weighted by molar-refractivity contribution is -0.123. The molecule has 0 aliphatic carbocycles. The quantitative estimate of drug-likeness (QED) is 0.680. The van der Waals surface area contributed by atoms with Crippen LogP contribution >= 0.6 is 11.6 Å². The van der Waals surface area contributed by atoms with Gasteiger partial charge in [0, 0.05) is 23.4 Å². The van der Waals surface area contributed by atoms with Gasteiger partial charge in [0.05, 0.1) is 13.2 Å². The third kappa shape index (κ3) is 5.73. The first-order valence-corrected chi connectivity index (χ1v) is 10.3. The van der Waals surface area contributed by atoms with Crippen LogP contribution in [0.15, 0.2) is 48.5 Å². The SMILES string of the molecule is COc1ccc([C@@H](C)NC(=O)CCC2(Cc3ccc(Cl)cc3)CCC(=O)N2)cc1. The third-order valence-corrected chi connectivity index (χ3v) is 5.77. The largest absolute Gasteiger partial charge is 0.497 e. The van der Waals surface area contributed by atoms with Crippen LogP contribution in [0.2, 0.25) is 5.02 Å². The van der Waals surface area contributed by atoms with Crippen LogP contribution in [0.3, 0.4) is 0 Å². The van der Waals surface area contributed by atoms with Crippen LogP contribution in [-0.4, -0.2) is 24.5 Å². The summed E-state index contributed by atoms with van der Waals surface area (Å²) in [4.78, 5) is 24.5. The molecular weight excluding hydrogens is 388 g/mol. The number of nitrogens with one attached hydrogen (secondary N) is 2. The van der Waals surface area contributed by atoms with Gasteiger partial charge < -0.3 is 15.4 Å². The molecule has 1 unspecified atom stereocenters. The molecule has 2 atom stereocenters. The Kier molecular flexibility index (Phi) is 6.80. The maximum atomic E-state index is 12.6. The molecule has 3 rings (SSSR count). The lowest BCUT2D eigenvalue weighted by Crippen LogP contribution is -2.44. The zero-order valence-electron chi connectivity index (χ0n) is 16.8. The second kappa shape index (κ2) is 9.31. The van der Waals surface area contributed by atoms with Crippen molar-refractivity contribution in [2.75, 3.05) is 7.11 Å². The topological polar surface area (TPSA) is 67.4 Å². The van der Waals surface area contributed by atoms with Gasteiger partial charge in [-0.2, -0.15) is 0 Å². The van der Waals surface area contributed by atoms with E-state index in [2.05, 4.69) is 10.6 Å². The van der Waals surface area contributed by atoms with Crippen molar-refractivity contribution in [1.29, 1.82) is 0 Å². The molecule has 29 heavy (non-hydrogen) atoms. The Morgan fingerprint density at radius 1 is 1.21 bits per heavy atom. The average Bonchev–Trinajstić information content (AvgIpc) is 3.09. The molecule has 6 heteroatoms. The first-order valence-electron chi connectivity index (χ1n) is 9.88. The van der Waals surface area contributed by atoms with Gasteiger partial charge in [0.2, 0.25) is 11.8 Å². The van der Waals surface area contributed by atoms with Gasteiger partial charge >= 0.3 is 0 Å².